The van der Waals surface area contributed by atoms with Crippen LogP contribution in [0.1, 0.15) is 13.3 Å². The molecule has 9 nitrogen and oxygen atoms in total. The Hall–Kier alpha value is -2.55. The Morgan fingerprint density at radius 1 is 1.21 bits per heavy atom. The maximum atomic E-state index is 13.2. The third kappa shape index (κ3) is 11.1. The van der Waals surface area contributed by atoms with Crippen LogP contribution in [0.15, 0.2) is 9.98 Å². The van der Waals surface area contributed by atoms with Crippen LogP contribution >= 0.6 is 0 Å². The van der Waals surface area contributed by atoms with E-state index in [1.54, 1.807) is 0 Å². The van der Waals surface area contributed by atoms with Gasteiger partial charge in [-0.3, -0.25) is 10.3 Å². The van der Waals surface area contributed by atoms with Crippen molar-refractivity contribution in [2.45, 2.75) is 31.5 Å². The molecule has 0 aliphatic rings. The monoisotopic (exact) mass is 374 g/mol. The zero-order valence-electron chi connectivity index (χ0n) is 11.8. The summed E-state index contributed by atoms with van der Waals surface area (Å²) in [5, 5.41) is 14.4. The van der Waals surface area contributed by atoms with E-state index < -0.39 is 41.6 Å². The lowest BCUT2D eigenvalue weighted by molar-refractivity contribution is -0.742. The molecule has 0 atom stereocenters. The summed E-state index contributed by atoms with van der Waals surface area (Å²) >= 11 is 0. The van der Waals surface area contributed by atoms with Crippen LogP contribution in [0, 0.1) is 10.1 Å². The molecule has 24 heavy (non-hydrogen) atoms. The number of aliphatic imine (C=N–C) groups is 2. The molecule has 0 aromatic carbocycles. The van der Waals surface area contributed by atoms with E-state index in [-0.39, 0.29) is 6.54 Å². The van der Waals surface area contributed by atoms with Crippen LogP contribution < -0.4 is 16.8 Å². The Morgan fingerprint density at radius 2 is 1.62 bits per heavy atom. The number of nitrogens with zero attached hydrogens (tertiary/aromatic N) is 3. The number of halogens is 7. The molecule has 142 valence electrons. The van der Waals surface area contributed by atoms with Gasteiger partial charge in [0, 0.05) is 6.54 Å². The number of hydrogen-bond acceptors (Lipinski definition) is 3. The van der Waals surface area contributed by atoms with Gasteiger partial charge in [0.05, 0.1) is 0 Å². The van der Waals surface area contributed by atoms with Crippen molar-refractivity contribution in [2.24, 2.45) is 21.5 Å². The molecule has 0 heterocycles. The van der Waals surface area contributed by atoms with Crippen molar-refractivity contribution in [1.29, 1.82) is 0 Å². The molecule has 0 radical (unpaired) electrons. The first kappa shape index (κ1) is 23.7. The fourth-order valence-electron chi connectivity index (χ4n) is 0.969. The van der Waals surface area contributed by atoms with Crippen molar-refractivity contribution in [3.63, 3.8) is 0 Å². The van der Waals surface area contributed by atoms with E-state index in [0.29, 0.717) is 0 Å². The highest BCUT2D eigenvalue weighted by Gasteiger charge is 2.61. The Morgan fingerprint density at radius 3 is 1.92 bits per heavy atom. The molecular formula is C8H13F7N6O3. The zero-order valence-corrected chi connectivity index (χ0v) is 11.8. The molecule has 0 amide bonds. The summed E-state index contributed by atoms with van der Waals surface area (Å²) in [5.74, 6) is -7.28. The second-order valence-electron chi connectivity index (χ2n) is 3.77. The third-order valence-corrected chi connectivity index (χ3v) is 1.69. The molecule has 0 aliphatic carbocycles. The number of nitrogens with one attached hydrogen (secondary N) is 1. The van der Waals surface area contributed by atoms with Crippen LogP contribution in [0.5, 0.6) is 0 Å². The van der Waals surface area contributed by atoms with Gasteiger partial charge in [-0.2, -0.15) is 35.7 Å². The predicted molar refractivity (Wildman–Crippen MR) is 66.3 cm³/mol. The molecule has 16 heteroatoms. The summed E-state index contributed by atoms with van der Waals surface area (Å²) in [7, 11) is 0. The van der Waals surface area contributed by atoms with E-state index in [9.17, 15) is 30.7 Å². The van der Waals surface area contributed by atoms with Crippen molar-refractivity contribution < 1.29 is 41.0 Å². The Bertz CT molecular complexity index is 471. The Kier molecular flexibility index (Phi) is 8.81. The molecule has 0 aliphatic heterocycles. The van der Waals surface area contributed by atoms with Gasteiger partial charge in [0.1, 0.15) is 6.42 Å². The Labute approximate surface area is 129 Å². The lowest BCUT2D eigenvalue weighted by atomic mass is 10.2. The summed E-state index contributed by atoms with van der Waals surface area (Å²) in [6.07, 6.45) is -8.49. The highest BCUT2D eigenvalue weighted by molar-refractivity contribution is 5.93. The summed E-state index contributed by atoms with van der Waals surface area (Å²) in [6, 6.07) is -5.24. The number of rotatable bonds is 4. The van der Waals surface area contributed by atoms with Crippen molar-refractivity contribution in [2.75, 3.05) is 6.54 Å². The standard InChI is InChI=1S/C8H12F7N5.HNO3/c1-2-18-5(19-4(16)17)20-8(14,15)6(9,10)3-7(11,12)13;2-1(3)4/h2-3H2,1H3,(H5,16,17,18,19,20);(H,2,3,4). The lowest BCUT2D eigenvalue weighted by Gasteiger charge is -2.28. The minimum atomic E-state index is -5.48. The second kappa shape index (κ2) is 8.92. The smallest absolute Gasteiger partial charge is 0.370 e. The molecule has 0 aromatic rings. The quantitative estimate of drug-likeness (QED) is 0.144. The van der Waals surface area contributed by atoms with Crippen molar-refractivity contribution >= 4 is 11.9 Å². The number of alkyl halides is 7. The first-order valence-electron chi connectivity index (χ1n) is 5.62. The summed E-state index contributed by atoms with van der Waals surface area (Å²) in [5.41, 5.74) is 9.70. The molecule has 0 saturated carbocycles. The van der Waals surface area contributed by atoms with Gasteiger partial charge in [-0.15, -0.1) is 10.1 Å². The fourth-order valence-corrected chi connectivity index (χ4v) is 0.969. The van der Waals surface area contributed by atoms with E-state index >= 15 is 0 Å². The van der Waals surface area contributed by atoms with Gasteiger partial charge >= 0.3 is 18.1 Å². The lowest BCUT2D eigenvalue weighted by Crippen LogP contribution is -2.55. The maximum absolute atomic E-state index is 13.2. The molecule has 0 fully saturated rings. The van der Waals surface area contributed by atoms with Crippen LogP contribution in [-0.4, -0.2) is 46.9 Å². The first-order chi connectivity index (χ1) is 10.5. The van der Waals surface area contributed by atoms with Crippen molar-refractivity contribution in [3.8, 4) is 0 Å². The zero-order chi connectivity index (χ0) is 19.8. The summed E-state index contributed by atoms with van der Waals surface area (Å²) in [4.78, 5) is 14.6. The fraction of sp³-hybridized carbons (Fsp3) is 0.750. The van der Waals surface area contributed by atoms with Crippen LogP contribution in [0.3, 0.4) is 0 Å². The van der Waals surface area contributed by atoms with Gasteiger partial charge in [-0.05, 0) is 6.92 Å². The molecule has 0 aromatic heterocycles. The predicted octanol–water partition coefficient (Wildman–Crippen LogP) is 1.06. The van der Waals surface area contributed by atoms with Crippen LogP contribution in [0.25, 0.3) is 0 Å². The second-order valence-corrected chi connectivity index (χ2v) is 3.77. The number of hydrogen-bond donors (Lipinski definition) is 4. The summed E-state index contributed by atoms with van der Waals surface area (Å²) < 4.78 is 87.7. The molecular weight excluding hydrogens is 361 g/mol. The van der Waals surface area contributed by atoms with E-state index in [1.165, 1.54) is 6.92 Å². The highest BCUT2D eigenvalue weighted by atomic mass is 19.4. The molecule has 6 N–H and O–H groups in total. The number of guanidine groups is 2. The van der Waals surface area contributed by atoms with Crippen LogP contribution in [0.4, 0.5) is 30.7 Å². The van der Waals surface area contributed by atoms with Gasteiger partial charge in [0.2, 0.25) is 5.96 Å². The highest BCUT2D eigenvalue weighted by Crippen LogP contribution is 2.40. The van der Waals surface area contributed by atoms with Gasteiger partial charge < -0.3 is 16.7 Å². The Balaban J connectivity index is 0. The van der Waals surface area contributed by atoms with Gasteiger partial charge in [-0.1, -0.05) is 0 Å². The average molecular weight is 374 g/mol. The van der Waals surface area contributed by atoms with Gasteiger partial charge in [0.25, 0.3) is 5.09 Å². The first-order valence-corrected chi connectivity index (χ1v) is 5.62. The van der Waals surface area contributed by atoms with E-state index in [4.69, 9.17) is 26.8 Å². The van der Waals surface area contributed by atoms with Crippen LogP contribution in [-0.2, 0) is 0 Å². The minimum Gasteiger partial charge on any atom is -0.370 e. The molecule has 0 bridgehead atoms. The SMILES string of the molecule is CCN=C(N=C(N)N)NC(F)(F)C(F)(F)CC(F)(F)F.O=[N+]([O-])O. The molecule has 0 rings (SSSR count). The number of nitrogens with two attached hydrogens (primary N) is 2. The van der Waals surface area contributed by atoms with E-state index in [2.05, 4.69) is 9.98 Å². The van der Waals surface area contributed by atoms with Crippen LogP contribution in [0.2, 0.25) is 0 Å². The third-order valence-electron chi connectivity index (χ3n) is 1.69. The summed E-state index contributed by atoms with van der Waals surface area (Å²) in [6.45, 7) is 1.18. The largest absolute Gasteiger partial charge is 0.395 e. The van der Waals surface area contributed by atoms with Crippen molar-refractivity contribution in [1.82, 2.24) is 5.32 Å². The van der Waals surface area contributed by atoms with Gasteiger partial charge in [-0.25, -0.2) is 0 Å². The normalized spacial score (nSPS) is 12.8. The molecule has 0 unspecified atom stereocenters. The topological polar surface area (TPSA) is 152 Å². The molecule has 0 spiro atoms. The van der Waals surface area contributed by atoms with E-state index in [1.807, 2.05) is 0 Å². The van der Waals surface area contributed by atoms with E-state index in [0.717, 1.165) is 5.32 Å². The average Bonchev–Trinajstić information content (AvgIpc) is 2.22. The minimum absolute atomic E-state index is 0.167. The van der Waals surface area contributed by atoms with Crippen molar-refractivity contribution in [3.05, 3.63) is 10.1 Å². The maximum Gasteiger partial charge on any atom is 0.395 e. The molecule has 0 saturated heterocycles. The van der Waals surface area contributed by atoms with Gasteiger partial charge in [0.15, 0.2) is 5.96 Å².